The second kappa shape index (κ2) is 5.01. The van der Waals surface area contributed by atoms with E-state index in [0.717, 1.165) is 17.7 Å². The number of hydrogen-bond donors (Lipinski definition) is 2. The Hall–Kier alpha value is -1.81. The molecule has 0 saturated heterocycles. The van der Waals surface area contributed by atoms with Gasteiger partial charge in [0.1, 0.15) is 11.5 Å². The van der Waals surface area contributed by atoms with Gasteiger partial charge in [-0.3, -0.25) is 0 Å². The summed E-state index contributed by atoms with van der Waals surface area (Å²) in [5, 5.41) is 12.3. The number of phenolic OH excluding ortho intramolecular Hbond substituents is 1. The minimum Gasteiger partial charge on any atom is -0.508 e. The Bertz CT molecular complexity index is 476. The summed E-state index contributed by atoms with van der Waals surface area (Å²) < 4.78 is 5.65. The summed E-state index contributed by atoms with van der Waals surface area (Å²) in [6, 6.07) is 7.17. The lowest BCUT2D eigenvalue weighted by Crippen LogP contribution is -2.23. The van der Waals surface area contributed by atoms with E-state index >= 15 is 0 Å². The first-order chi connectivity index (χ1) is 8.19. The van der Waals surface area contributed by atoms with Crippen LogP contribution in [0, 0.1) is 0 Å². The Labute approximate surface area is 100 Å². The van der Waals surface area contributed by atoms with Crippen molar-refractivity contribution in [1.82, 2.24) is 10.3 Å². The minimum absolute atomic E-state index is 0.240. The molecule has 0 fully saturated rings. The van der Waals surface area contributed by atoms with Crippen molar-refractivity contribution >= 4 is 0 Å². The fourth-order valence-corrected chi connectivity index (χ4v) is 1.54. The number of benzene rings is 1. The van der Waals surface area contributed by atoms with Gasteiger partial charge in [-0.1, -0.05) is 0 Å². The molecule has 0 saturated carbocycles. The molecule has 0 aliphatic rings. The Morgan fingerprint density at radius 3 is 2.71 bits per heavy atom. The van der Waals surface area contributed by atoms with Crippen molar-refractivity contribution in [3.05, 3.63) is 36.2 Å². The molecule has 0 amide bonds. The number of rotatable bonds is 4. The van der Waals surface area contributed by atoms with Crippen LogP contribution in [0.5, 0.6) is 5.75 Å². The predicted molar refractivity (Wildman–Crippen MR) is 65.8 cm³/mol. The molecule has 2 N–H and O–H groups in total. The van der Waals surface area contributed by atoms with E-state index < -0.39 is 0 Å². The lowest BCUT2D eigenvalue weighted by molar-refractivity contribution is 0.474. The fourth-order valence-electron chi connectivity index (χ4n) is 1.54. The predicted octanol–water partition coefficient (Wildman–Crippen LogP) is 2.20. The van der Waals surface area contributed by atoms with Crippen molar-refractivity contribution in [2.75, 3.05) is 7.05 Å². The molecule has 0 aliphatic heterocycles. The first kappa shape index (κ1) is 11.7. The summed E-state index contributed by atoms with van der Waals surface area (Å²) in [5.74, 6) is 1.68. The summed E-state index contributed by atoms with van der Waals surface area (Å²) in [5.41, 5.74) is 0.867. The maximum absolute atomic E-state index is 9.20. The van der Waals surface area contributed by atoms with Gasteiger partial charge in [0, 0.05) is 18.0 Å². The number of aromatic nitrogens is 1. The van der Waals surface area contributed by atoms with Crippen LogP contribution in [0.2, 0.25) is 0 Å². The number of nitrogens with one attached hydrogen (secondary N) is 1. The van der Waals surface area contributed by atoms with E-state index in [0.29, 0.717) is 11.9 Å². The summed E-state index contributed by atoms with van der Waals surface area (Å²) >= 11 is 0. The van der Waals surface area contributed by atoms with E-state index in [2.05, 4.69) is 17.2 Å². The molecule has 17 heavy (non-hydrogen) atoms. The van der Waals surface area contributed by atoms with Crippen LogP contribution in [0.25, 0.3) is 11.5 Å². The molecule has 0 spiro atoms. The summed E-state index contributed by atoms with van der Waals surface area (Å²) in [6.07, 6.45) is 2.55. The van der Waals surface area contributed by atoms with Gasteiger partial charge in [0.15, 0.2) is 0 Å². The molecular weight excluding hydrogens is 216 g/mol. The van der Waals surface area contributed by atoms with Gasteiger partial charge in [-0.2, -0.15) is 0 Å². The Balaban J connectivity index is 2.15. The lowest BCUT2D eigenvalue weighted by atomic mass is 10.2. The molecule has 1 unspecified atom stereocenters. The van der Waals surface area contributed by atoms with E-state index in [9.17, 15) is 5.11 Å². The molecule has 4 nitrogen and oxygen atoms in total. The van der Waals surface area contributed by atoms with Crippen LogP contribution in [-0.2, 0) is 6.42 Å². The molecular formula is C13H16N2O2. The highest BCUT2D eigenvalue weighted by Crippen LogP contribution is 2.21. The van der Waals surface area contributed by atoms with Crippen LogP contribution in [-0.4, -0.2) is 23.2 Å². The molecule has 90 valence electrons. The minimum atomic E-state index is 0.240. The summed E-state index contributed by atoms with van der Waals surface area (Å²) in [4.78, 5) is 4.23. The van der Waals surface area contributed by atoms with Crippen LogP contribution in [0.3, 0.4) is 0 Å². The smallest absolute Gasteiger partial charge is 0.226 e. The zero-order chi connectivity index (χ0) is 12.3. The Morgan fingerprint density at radius 1 is 1.35 bits per heavy atom. The first-order valence-electron chi connectivity index (χ1n) is 5.60. The molecule has 2 rings (SSSR count). The molecule has 2 aromatic rings. The molecule has 4 heteroatoms. The van der Waals surface area contributed by atoms with Gasteiger partial charge < -0.3 is 14.8 Å². The zero-order valence-corrected chi connectivity index (χ0v) is 9.97. The fraction of sp³-hybridized carbons (Fsp3) is 0.308. The molecule has 1 aromatic heterocycles. The number of likely N-dealkylation sites (N-methyl/N-ethyl adjacent to an activating group) is 1. The largest absolute Gasteiger partial charge is 0.508 e. The van der Waals surface area contributed by atoms with Gasteiger partial charge in [0.05, 0.1) is 6.20 Å². The number of nitrogens with zero attached hydrogens (tertiary/aromatic N) is 1. The molecule has 1 aromatic carbocycles. The standard InChI is InChI=1S/C13H16N2O2/c1-9(14-2)7-12-8-15-13(17-12)10-3-5-11(16)6-4-10/h3-6,8-9,14,16H,7H2,1-2H3. The second-order valence-electron chi connectivity index (χ2n) is 4.07. The van der Waals surface area contributed by atoms with Gasteiger partial charge in [-0.15, -0.1) is 0 Å². The number of aromatic hydroxyl groups is 1. The van der Waals surface area contributed by atoms with Crippen LogP contribution < -0.4 is 5.32 Å². The van der Waals surface area contributed by atoms with Crippen LogP contribution in [0.15, 0.2) is 34.9 Å². The van der Waals surface area contributed by atoms with Crippen molar-refractivity contribution in [1.29, 1.82) is 0 Å². The molecule has 1 atom stereocenters. The highest BCUT2D eigenvalue weighted by molar-refractivity contribution is 5.54. The lowest BCUT2D eigenvalue weighted by Gasteiger charge is -2.06. The van der Waals surface area contributed by atoms with Crippen molar-refractivity contribution < 1.29 is 9.52 Å². The first-order valence-corrected chi connectivity index (χ1v) is 5.60. The topological polar surface area (TPSA) is 58.3 Å². The molecule has 0 radical (unpaired) electrons. The third-order valence-corrected chi connectivity index (χ3v) is 2.67. The SMILES string of the molecule is CNC(C)Cc1cnc(-c2ccc(O)cc2)o1. The monoisotopic (exact) mass is 232 g/mol. The van der Waals surface area contributed by atoms with Crippen molar-refractivity contribution in [3.63, 3.8) is 0 Å². The summed E-state index contributed by atoms with van der Waals surface area (Å²) in [7, 11) is 1.92. The van der Waals surface area contributed by atoms with E-state index in [1.165, 1.54) is 0 Å². The maximum atomic E-state index is 9.20. The average Bonchev–Trinajstić information content (AvgIpc) is 2.78. The summed E-state index contributed by atoms with van der Waals surface area (Å²) in [6.45, 7) is 2.09. The zero-order valence-electron chi connectivity index (χ0n) is 9.97. The van der Waals surface area contributed by atoms with Crippen LogP contribution >= 0.6 is 0 Å². The van der Waals surface area contributed by atoms with E-state index in [1.54, 1.807) is 30.5 Å². The average molecular weight is 232 g/mol. The van der Waals surface area contributed by atoms with Gasteiger partial charge in [-0.25, -0.2) is 4.98 Å². The van der Waals surface area contributed by atoms with Crippen molar-refractivity contribution in [3.8, 4) is 17.2 Å². The second-order valence-corrected chi connectivity index (χ2v) is 4.07. The van der Waals surface area contributed by atoms with Crippen molar-refractivity contribution in [2.45, 2.75) is 19.4 Å². The number of hydrogen-bond acceptors (Lipinski definition) is 4. The highest BCUT2D eigenvalue weighted by Gasteiger charge is 2.08. The number of oxazole rings is 1. The van der Waals surface area contributed by atoms with Crippen LogP contribution in [0.4, 0.5) is 0 Å². The van der Waals surface area contributed by atoms with E-state index in [-0.39, 0.29) is 5.75 Å². The quantitative estimate of drug-likeness (QED) is 0.848. The van der Waals surface area contributed by atoms with Gasteiger partial charge in [0.25, 0.3) is 0 Å². The van der Waals surface area contributed by atoms with Gasteiger partial charge >= 0.3 is 0 Å². The normalized spacial score (nSPS) is 12.6. The third kappa shape index (κ3) is 2.85. The van der Waals surface area contributed by atoms with Crippen LogP contribution in [0.1, 0.15) is 12.7 Å². The Kier molecular flexibility index (Phi) is 3.44. The maximum Gasteiger partial charge on any atom is 0.226 e. The molecule has 0 bridgehead atoms. The molecule has 0 aliphatic carbocycles. The Morgan fingerprint density at radius 2 is 2.06 bits per heavy atom. The molecule has 1 heterocycles. The van der Waals surface area contributed by atoms with E-state index in [1.807, 2.05) is 7.05 Å². The third-order valence-electron chi connectivity index (χ3n) is 2.67. The van der Waals surface area contributed by atoms with E-state index in [4.69, 9.17) is 4.42 Å². The van der Waals surface area contributed by atoms with Gasteiger partial charge in [0.2, 0.25) is 5.89 Å². The van der Waals surface area contributed by atoms with Gasteiger partial charge in [-0.05, 0) is 38.2 Å². The van der Waals surface area contributed by atoms with Crippen molar-refractivity contribution in [2.24, 2.45) is 0 Å². The highest BCUT2D eigenvalue weighted by atomic mass is 16.4. The number of phenols is 1.